The maximum absolute atomic E-state index is 5.83. The van der Waals surface area contributed by atoms with Crippen molar-refractivity contribution in [1.82, 2.24) is 0 Å². The van der Waals surface area contributed by atoms with Crippen LogP contribution in [0, 0.1) is 10.8 Å². The number of rotatable bonds is 3. The molecule has 84 valence electrons. The van der Waals surface area contributed by atoms with Gasteiger partial charge in [-0.1, -0.05) is 41.5 Å². The summed E-state index contributed by atoms with van der Waals surface area (Å²) in [5.41, 5.74) is 0.671. The Balaban J connectivity index is 2.61. The minimum Gasteiger partial charge on any atom is -0.361 e. The van der Waals surface area contributed by atoms with E-state index in [2.05, 4.69) is 50.8 Å². The van der Waals surface area contributed by atoms with Crippen molar-refractivity contribution in [3.8, 4) is 0 Å². The molecule has 1 fully saturated rings. The zero-order valence-electron chi connectivity index (χ0n) is 10.5. The van der Waals surface area contributed by atoms with Crippen LogP contribution in [0.5, 0.6) is 0 Å². The summed E-state index contributed by atoms with van der Waals surface area (Å²) < 4.78 is 5.83. The van der Waals surface area contributed by atoms with E-state index >= 15 is 0 Å². The molecule has 3 unspecified atom stereocenters. The lowest BCUT2D eigenvalue weighted by atomic mass is 9.73. The fourth-order valence-corrected chi connectivity index (χ4v) is 3.32. The first kappa shape index (κ1) is 12.5. The van der Waals surface area contributed by atoms with Crippen LogP contribution in [0.1, 0.15) is 54.4 Å². The molecule has 0 saturated carbocycles. The van der Waals surface area contributed by atoms with E-state index < -0.39 is 0 Å². The topological polar surface area (TPSA) is 12.5 Å². The first-order valence-corrected chi connectivity index (χ1v) is 6.15. The lowest BCUT2D eigenvalue weighted by Crippen LogP contribution is -2.29. The van der Waals surface area contributed by atoms with Crippen molar-refractivity contribution in [2.45, 2.75) is 65.8 Å². The Morgan fingerprint density at radius 2 is 1.71 bits per heavy atom. The van der Waals surface area contributed by atoms with Gasteiger partial charge in [-0.3, -0.25) is 0 Å². The molecule has 1 rings (SSSR count). The standard InChI is InChI=1S/C12H25OP/c1-7-12(14)9(13-12)11(5,6)8-10(2,3)4/h9H,7-8,14H2,1-6H3. The van der Waals surface area contributed by atoms with Crippen molar-refractivity contribution in [3.63, 3.8) is 0 Å². The van der Waals surface area contributed by atoms with Crippen LogP contribution >= 0.6 is 9.24 Å². The molecule has 1 aliphatic rings. The number of hydrogen-bond acceptors (Lipinski definition) is 1. The Bertz CT molecular complexity index is 217. The molecule has 1 nitrogen and oxygen atoms in total. The summed E-state index contributed by atoms with van der Waals surface area (Å²) in [6.45, 7) is 13.7. The maximum Gasteiger partial charge on any atom is 0.108 e. The first-order valence-electron chi connectivity index (χ1n) is 5.57. The van der Waals surface area contributed by atoms with Crippen LogP contribution in [-0.4, -0.2) is 11.4 Å². The summed E-state index contributed by atoms with van der Waals surface area (Å²) in [6.07, 6.45) is 2.72. The van der Waals surface area contributed by atoms with Crippen LogP contribution < -0.4 is 0 Å². The Kier molecular flexibility index (Phi) is 3.08. The van der Waals surface area contributed by atoms with Crippen molar-refractivity contribution in [3.05, 3.63) is 0 Å². The summed E-state index contributed by atoms with van der Waals surface area (Å²) >= 11 is 0. The summed E-state index contributed by atoms with van der Waals surface area (Å²) in [7, 11) is 2.88. The zero-order valence-corrected chi connectivity index (χ0v) is 11.6. The minimum atomic E-state index is 0.0781. The van der Waals surface area contributed by atoms with Gasteiger partial charge in [0.25, 0.3) is 0 Å². The predicted molar refractivity (Wildman–Crippen MR) is 65.5 cm³/mol. The Labute approximate surface area is 91.2 Å². The van der Waals surface area contributed by atoms with Crippen LogP contribution in [0.25, 0.3) is 0 Å². The molecule has 0 amide bonds. The van der Waals surface area contributed by atoms with Crippen LogP contribution in [0.2, 0.25) is 0 Å². The molecular formula is C12H25OP. The van der Waals surface area contributed by atoms with Crippen molar-refractivity contribution < 1.29 is 4.74 Å². The lowest BCUT2D eigenvalue weighted by Gasteiger charge is -2.31. The van der Waals surface area contributed by atoms with E-state index in [4.69, 9.17) is 4.74 Å². The average molecular weight is 216 g/mol. The fourth-order valence-electron chi connectivity index (χ4n) is 2.73. The van der Waals surface area contributed by atoms with Gasteiger partial charge in [-0.15, -0.1) is 9.24 Å². The van der Waals surface area contributed by atoms with Crippen molar-refractivity contribution >= 4 is 9.24 Å². The minimum absolute atomic E-state index is 0.0781. The molecule has 0 aromatic carbocycles. The third-order valence-corrected chi connectivity index (χ3v) is 3.82. The molecule has 0 bridgehead atoms. The molecular weight excluding hydrogens is 191 g/mol. The van der Waals surface area contributed by atoms with Crippen LogP contribution in [0.15, 0.2) is 0 Å². The normalized spacial score (nSPS) is 33.2. The van der Waals surface area contributed by atoms with E-state index in [1.165, 1.54) is 6.42 Å². The van der Waals surface area contributed by atoms with Crippen molar-refractivity contribution in [2.24, 2.45) is 10.8 Å². The fraction of sp³-hybridized carbons (Fsp3) is 1.00. The van der Waals surface area contributed by atoms with Gasteiger partial charge in [-0.2, -0.15) is 0 Å². The molecule has 0 aliphatic carbocycles. The summed E-state index contributed by atoms with van der Waals surface area (Å²) in [5.74, 6) is 0. The molecule has 1 heterocycles. The van der Waals surface area contributed by atoms with Gasteiger partial charge in [0.05, 0.1) is 6.10 Å². The molecule has 0 N–H and O–H groups in total. The highest BCUT2D eigenvalue weighted by molar-refractivity contribution is 7.19. The monoisotopic (exact) mass is 216 g/mol. The predicted octanol–water partition coefficient (Wildman–Crippen LogP) is 3.83. The molecule has 2 heteroatoms. The van der Waals surface area contributed by atoms with Gasteiger partial charge in [-0.05, 0) is 23.7 Å². The van der Waals surface area contributed by atoms with Crippen LogP contribution in [-0.2, 0) is 4.74 Å². The van der Waals surface area contributed by atoms with Crippen molar-refractivity contribution in [2.75, 3.05) is 0 Å². The molecule has 1 saturated heterocycles. The quantitative estimate of drug-likeness (QED) is 0.516. The molecule has 0 spiro atoms. The van der Waals surface area contributed by atoms with Gasteiger partial charge in [0.2, 0.25) is 0 Å². The van der Waals surface area contributed by atoms with E-state index in [1.807, 2.05) is 0 Å². The summed E-state index contributed by atoms with van der Waals surface area (Å²) in [5, 5.41) is 0.0781. The first-order chi connectivity index (χ1) is 6.11. The molecule has 0 radical (unpaired) electrons. The SMILES string of the molecule is CCC1(P)OC1C(C)(C)CC(C)(C)C. The Morgan fingerprint density at radius 1 is 1.21 bits per heavy atom. The average Bonchev–Trinajstić information content (AvgIpc) is 2.59. The van der Waals surface area contributed by atoms with E-state index in [1.54, 1.807) is 0 Å². The highest BCUT2D eigenvalue weighted by Crippen LogP contribution is 2.56. The summed E-state index contributed by atoms with van der Waals surface area (Å²) in [6, 6.07) is 0. The number of epoxide rings is 1. The number of hydrogen-bond donors (Lipinski definition) is 0. The molecule has 0 aromatic heterocycles. The summed E-state index contributed by atoms with van der Waals surface area (Å²) in [4.78, 5) is 0. The Hall–Kier alpha value is 0.390. The van der Waals surface area contributed by atoms with Gasteiger partial charge in [-0.25, -0.2) is 0 Å². The molecule has 3 atom stereocenters. The van der Waals surface area contributed by atoms with E-state index in [9.17, 15) is 0 Å². The third kappa shape index (κ3) is 2.70. The zero-order chi connectivity index (χ0) is 11.2. The second kappa shape index (κ2) is 3.46. The molecule has 14 heavy (non-hydrogen) atoms. The van der Waals surface area contributed by atoms with Crippen molar-refractivity contribution in [1.29, 1.82) is 0 Å². The van der Waals surface area contributed by atoms with Gasteiger partial charge in [0, 0.05) is 0 Å². The van der Waals surface area contributed by atoms with Gasteiger partial charge in [0.1, 0.15) is 5.34 Å². The number of ether oxygens (including phenoxy) is 1. The Morgan fingerprint density at radius 3 is 2.00 bits per heavy atom. The lowest BCUT2D eigenvalue weighted by molar-refractivity contribution is 0.160. The second-order valence-corrected chi connectivity index (χ2v) is 7.51. The highest BCUT2D eigenvalue weighted by atomic mass is 31.0. The van der Waals surface area contributed by atoms with Gasteiger partial charge >= 0.3 is 0 Å². The third-order valence-electron chi connectivity index (χ3n) is 2.97. The van der Waals surface area contributed by atoms with Crippen LogP contribution in [0.3, 0.4) is 0 Å². The largest absolute Gasteiger partial charge is 0.361 e. The second-order valence-electron chi connectivity index (χ2n) is 6.53. The van der Waals surface area contributed by atoms with E-state index in [0.29, 0.717) is 11.5 Å². The van der Waals surface area contributed by atoms with Crippen LogP contribution in [0.4, 0.5) is 0 Å². The highest BCUT2D eigenvalue weighted by Gasteiger charge is 2.58. The maximum atomic E-state index is 5.83. The molecule has 0 aromatic rings. The van der Waals surface area contributed by atoms with Gasteiger partial charge in [0.15, 0.2) is 0 Å². The van der Waals surface area contributed by atoms with E-state index in [0.717, 1.165) is 6.42 Å². The molecule has 1 aliphatic heterocycles. The van der Waals surface area contributed by atoms with E-state index in [-0.39, 0.29) is 10.8 Å². The van der Waals surface area contributed by atoms with Gasteiger partial charge < -0.3 is 4.74 Å². The smallest absolute Gasteiger partial charge is 0.108 e.